The highest BCUT2D eigenvalue weighted by Crippen LogP contribution is 2.29. The molecule has 1 saturated heterocycles. The van der Waals surface area contributed by atoms with Gasteiger partial charge in [0.05, 0.1) is 0 Å². The summed E-state index contributed by atoms with van der Waals surface area (Å²) >= 11 is 0. The van der Waals surface area contributed by atoms with Crippen molar-refractivity contribution in [2.45, 2.75) is 18.6 Å². The fourth-order valence-corrected chi connectivity index (χ4v) is 2.75. The average molecular weight is 321 g/mol. The van der Waals surface area contributed by atoms with Gasteiger partial charge in [0.2, 0.25) is 5.79 Å². The number of hydrogen-bond acceptors (Lipinski definition) is 6. The number of rotatable bonds is 6. The Morgan fingerprint density at radius 1 is 1.17 bits per heavy atom. The lowest BCUT2D eigenvalue weighted by atomic mass is 10.0. The molecule has 0 aliphatic carbocycles. The third kappa shape index (κ3) is 2.94. The Hall–Kier alpha value is -1.99. The van der Waals surface area contributed by atoms with Crippen molar-refractivity contribution in [1.82, 2.24) is 10.1 Å². The monoisotopic (exact) mass is 321 g/mol. The van der Waals surface area contributed by atoms with Gasteiger partial charge in [0.1, 0.15) is 6.67 Å². The Morgan fingerprint density at radius 2 is 1.83 bits per heavy atom. The Kier molecular flexibility index (Phi) is 4.58. The molecule has 1 aliphatic heterocycles. The highest BCUT2D eigenvalue weighted by molar-refractivity contribution is 5.55. The highest BCUT2D eigenvalue weighted by atomic mass is 19.1. The maximum absolute atomic E-state index is 13.3. The molecule has 0 atom stereocenters. The van der Waals surface area contributed by atoms with E-state index < -0.39 is 12.5 Å². The summed E-state index contributed by atoms with van der Waals surface area (Å²) in [6.45, 7) is 1.14. The van der Waals surface area contributed by atoms with Gasteiger partial charge in [-0.1, -0.05) is 12.1 Å². The van der Waals surface area contributed by atoms with Crippen LogP contribution in [0.4, 0.5) is 10.3 Å². The van der Waals surface area contributed by atoms with E-state index in [9.17, 15) is 4.39 Å². The number of methoxy groups -OCH3 is 2. The van der Waals surface area contributed by atoms with Crippen molar-refractivity contribution in [3.8, 4) is 11.5 Å². The Morgan fingerprint density at radius 3 is 2.39 bits per heavy atom. The van der Waals surface area contributed by atoms with Crippen molar-refractivity contribution in [2.24, 2.45) is 0 Å². The van der Waals surface area contributed by atoms with E-state index in [0.29, 0.717) is 17.4 Å². The second kappa shape index (κ2) is 6.64. The molecule has 1 fully saturated rings. The van der Waals surface area contributed by atoms with Crippen molar-refractivity contribution in [3.63, 3.8) is 0 Å². The van der Waals surface area contributed by atoms with Gasteiger partial charge in [0.15, 0.2) is 0 Å². The van der Waals surface area contributed by atoms with Crippen LogP contribution in [0.3, 0.4) is 0 Å². The normalized spacial score (nSPS) is 15.3. The number of alkyl halides is 1. The summed E-state index contributed by atoms with van der Waals surface area (Å²) in [5.74, 6) is -0.318. The largest absolute Gasteiger partial charge is 0.347 e. The van der Waals surface area contributed by atoms with Crippen LogP contribution >= 0.6 is 0 Å². The third-order valence-corrected chi connectivity index (χ3v) is 4.21. The van der Waals surface area contributed by atoms with Gasteiger partial charge < -0.3 is 18.9 Å². The van der Waals surface area contributed by atoms with Gasteiger partial charge in [-0.3, -0.25) is 0 Å². The number of anilines is 1. The van der Waals surface area contributed by atoms with Crippen molar-refractivity contribution in [1.29, 1.82) is 0 Å². The van der Waals surface area contributed by atoms with Gasteiger partial charge in [0.25, 0.3) is 11.8 Å². The molecule has 7 heteroatoms. The van der Waals surface area contributed by atoms with Crippen LogP contribution < -0.4 is 4.90 Å². The number of nitrogens with zero attached hydrogens (tertiary/aromatic N) is 3. The number of halogens is 1. The second-order valence-corrected chi connectivity index (χ2v) is 5.47. The van der Waals surface area contributed by atoms with Crippen LogP contribution in [0.2, 0.25) is 0 Å². The zero-order valence-corrected chi connectivity index (χ0v) is 13.3. The molecule has 0 radical (unpaired) electrons. The summed E-state index contributed by atoms with van der Waals surface area (Å²) < 4.78 is 29.0. The number of benzene rings is 1. The molecule has 2 heterocycles. The zero-order valence-electron chi connectivity index (χ0n) is 13.3. The van der Waals surface area contributed by atoms with Crippen LogP contribution in [-0.2, 0) is 15.3 Å². The van der Waals surface area contributed by atoms with Gasteiger partial charge in [-0.05, 0) is 30.1 Å². The van der Waals surface area contributed by atoms with Crippen LogP contribution in [0, 0.1) is 0 Å². The summed E-state index contributed by atoms with van der Waals surface area (Å²) in [7, 11) is 2.83. The summed E-state index contributed by atoms with van der Waals surface area (Å²) in [6.07, 6.45) is 2.30. The van der Waals surface area contributed by atoms with E-state index >= 15 is 0 Å². The first-order valence-electron chi connectivity index (χ1n) is 7.58. The molecule has 0 unspecified atom stereocenters. The van der Waals surface area contributed by atoms with Crippen molar-refractivity contribution < 1.29 is 18.4 Å². The summed E-state index contributed by atoms with van der Waals surface area (Å²) in [6, 6.07) is 7.06. The van der Waals surface area contributed by atoms with Crippen LogP contribution in [0.25, 0.3) is 11.5 Å². The minimum Gasteiger partial charge on any atom is -0.347 e. The van der Waals surface area contributed by atoms with Crippen LogP contribution in [0.5, 0.6) is 0 Å². The molecule has 3 rings (SSSR count). The molecular formula is C16H20FN3O3. The molecule has 1 aliphatic rings. The molecule has 0 bridgehead atoms. The maximum Gasteiger partial charge on any atom is 0.266 e. The Labute approximate surface area is 134 Å². The summed E-state index contributed by atoms with van der Waals surface area (Å²) in [5.41, 5.74) is 1.36. The van der Waals surface area contributed by atoms with Crippen LogP contribution in [-0.4, -0.2) is 44.1 Å². The smallest absolute Gasteiger partial charge is 0.266 e. The SMILES string of the molecule is COC(CF)(OC)c1ccc(-c2nc(N3CCCC3)no2)cc1. The molecule has 0 amide bonds. The predicted molar refractivity (Wildman–Crippen MR) is 82.9 cm³/mol. The van der Waals surface area contributed by atoms with E-state index in [1.54, 1.807) is 24.3 Å². The first-order valence-corrected chi connectivity index (χ1v) is 7.58. The lowest BCUT2D eigenvalue weighted by molar-refractivity contribution is -0.224. The number of aromatic nitrogens is 2. The molecule has 6 nitrogen and oxygen atoms in total. The van der Waals surface area contributed by atoms with Gasteiger partial charge in [0, 0.05) is 38.4 Å². The zero-order chi connectivity index (χ0) is 16.3. The minimum atomic E-state index is -1.38. The van der Waals surface area contributed by atoms with Crippen LogP contribution in [0.15, 0.2) is 28.8 Å². The van der Waals surface area contributed by atoms with E-state index in [1.165, 1.54) is 14.2 Å². The van der Waals surface area contributed by atoms with Gasteiger partial charge in [-0.25, -0.2) is 4.39 Å². The Bertz CT molecular complexity index is 626. The summed E-state index contributed by atoms with van der Waals surface area (Å²) in [4.78, 5) is 6.53. The number of hydrogen-bond donors (Lipinski definition) is 0. The molecule has 23 heavy (non-hydrogen) atoms. The standard InChI is InChI=1S/C16H20FN3O3/c1-21-16(11-17,22-2)13-7-5-12(6-8-13)14-18-15(19-23-14)20-9-3-4-10-20/h5-8H,3-4,9-11H2,1-2H3. The first kappa shape index (κ1) is 15.9. The van der Waals surface area contributed by atoms with Crippen molar-refractivity contribution in [3.05, 3.63) is 29.8 Å². The molecular weight excluding hydrogens is 301 g/mol. The molecule has 0 saturated carbocycles. The van der Waals surface area contributed by atoms with Crippen molar-refractivity contribution >= 4 is 5.95 Å². The highest BCUT2D eigenvalue weighted by Gasteiger charge is 2.32. The Balaban J connectivity index is 1.82. The molecule has 0 N–H and O–H groups in total. The molecule has 1 aromatic heterocycles. The molecule has 124 valence electrons. The van der Waals surface area contributed by atoms with E-state index in [2.05, 4.69) is 15.0 Å². The quantitative estimate of drug-likeness (QED) is 0.763. The van der Waals surface area contributed by atoms with Gasteiger partial charge in [-0.2, -0.15) is 4.98 Å². The molecule has 1 aromatic carbocycles. The fraction of sp³-hybridized carbons (Fsp3) is 0.500. The van der Waals surface area contributed by atoms with E-state index in [4.69, 9.17) is 14.0 Å². The van der Waals surface area contributed by atoms with Crippen molar-refractivity contribution in [2.75, 3.05) is 38.9 Å². The molecule has 2 aromatic rings. The minimum absolute atomic E-state index is 0.444. The van der Waals surface area contributed by atoms with E-state index in [-0.39, 0.29) is 0 Å². The maximum atomic E-state index is 13.3. The van der Waals surface area contributed by atoms with Gasteiger partial charge >= 0.3 is 0 Å². The fourth-order valence-electron chi connectivity index (χ4n) is 2.75. The predicted octanol–water partition coefficient (Wildman–Crippen LogP) is 2.75. The lowest BCUT2D eigenvalue weighted by Crippen LogP contribution is -2.33. The summed E-state index contributed by atoms with van der Waals surface area (Å²) in [5, 5.41) is 4.02. The average Bonchev–Trinajstić information content (AvgIpc) is 3.29. The molecule has 0 spiro atoms. The topological polar surface area (TPSA) is 60.6 Å². The lowest BCUT2D eigenvalue weighted by Gasteiger charge is -2.28. The van der Waals surface area contributed by atoms with Gasteiger partial charge in [-0.15, -0.1) is 0 Å². The van der Waals surface area contributed by atoms with Crippen LogP contribution in [0.1, 0.15) is 18.4 Å². The van der Waals surface area contributed by atoms with E-state index in [0.717, 1.165) is 31.5 Å². The first-order chi connectivity index (χ1) is 11.2. The number of ether oxygens (including phenoxy) is 2. The second-order valence-electron chi connectivity index (χ2n) is 5.47. The third-order valence-electron chi connectivity index (χ3n) is 4.21. The van der Waals surface area contributed by atoms with E-state index in [1.807, 2.05) is 0 Å².